The van der Waals surface area contributed by atoms with E-state index in [1.165, 1.54) is 15.6 Å². The van der Waals surface area contributed by atoms with Crippen LogP contribution >= 0.6 is 11.3 Å². The number of aromatic nitrogens is 1. The van der Waals surface area contributed by atoms with E-state index in [2.05, 4.69) is 10.3 Å². The summed E-state index contributed by atoms with van der Waals surface area (Å²) in [6.07, 6.45) is 1.12. The molecule has 174 valence electrons. The fraction of sp³-hybridized carbons (Fsp3) is 0.333. The predicted octanol–water partition coefficient (Wildman–Crippen LogP) is 4.62. The molecule has 1 aliphatic rings. The third-order valence-corrected chi connectivity index (χ3v) is 8.49. The van der Waals surface area contributed by atoms with Crippen molar-refractivity contribution in [2.75, 3.05) is 18.4 Å². The lowest BCUT2D eigenvalue weighted by molar-refractivity contribution is -0.122. The number of carbonyl (C=O) groups is 1. The smallest absolute Gasteiger partial charge is 0.266 e. The number of sulfonamides is 1. The monoisotopic (exact) mass is 485 g/mol. The van der Waals surface area contributed by atoms with Crippen LogP contribution in [-0.2, 0) is 14.8 Å². The van der Waals surface area contributed by atoms with Gasteiger partial charge in [-0.15, -0.1) is 11.3 Å². The zero-order chi connectivity index (χ0) is 23.6. The van der Waals surface area contributed by atoms with Gasteiger partial charge in [-0.2, -0.15) is 4.31 Å². The lowest BCUT2D eigenvalue weighted by Gasteiger charge is -2.16. The van der Waals surface area contributed by atoms with E-state index in [1.54, 1.807) is 31.2 Å². The second-order valence-electron chi connectivity index (χ2n) is 8.12. The van der Waals surface area contributed by atoms with Crippen LogP contribution < -0.4 is 10.1 Å². The Morgan fingerprint density at radius 2 is 1.82 bits per heavy atom. The topological polar surface area (TPSA) is 88.6 Å². The molecule has 2 heterocycles. The Kier molecular flexibility index (Phi) is 6.83. The van der Waals surface area contributed by atoms with Gasteiger partial charge < -0.3 is 4.74 Å². The van der Waals surface area contributed by atoms with Gasteiger partial charge >= 0.3 is 0 Å². The molecule has 0 spiro atoms. The number of benzene rings is 2. The minimum atomic E-state index is -3.44. The highest BCUT2D eigenvalue weighted by molar-refractivity contribution is 7.89. The Morgan fingerprint density at radius 3 is 2.52 bits per heavy atom. The second-order valence-corrected chi connectivity index (χ2v) is 10.9. The molecule has 33 heavy (non-hydrogen) atoms. The van der Waals surface area contributed by atoms with Crippen LogP contribution in [0.5, 0.6) is 5.75 Å². The molecule has 1 fully saturated rings. The zero-order valence-electron chi connectivity index (χ0n) is 18.9. The summed E-state index contributed by atoms with van der Waals surface area (Å²) >= 11 is 1.31. The van der Waals surface area contributed by atoms with Crippen LogP contribution in [0.25, 0.3) is 11.3 Å². The first-order valence-corrected chi connectivity index (χ1v) is 13.2. The first-order valence-electron chi connectivity index (χ1n) is 10.9. The standard InChI is InChI=1S/C24H27N3O4S2/c1-16-7-6-8-22(17(16)2)31-18(3)23(28)26-24-25-21(15-32-24)19-9-11-20(12-10-19)33(29,30)27-13-4-5-14-27/h6-12,15,18H,4-5,13-14H2,1-3H3,(H,25,26,28). The number of anilines is 1. The summed E-state index contributed by atoms with van der Waals surface area (Å²) in [5.74, 6) is 0.394. The molecule has 0 radical (unpaired) electrons. The number of carbonyl (C=O) groups excluding carboxylic acids is 1. The van der Waals surface area contributed by atoms with E-state index in [0.717, 1.165) is 29.5 Å². The van der Waals surface area contributed by atoms with Crippen molar-refractivity contribution in [1.29, 1.82) is 0 Å². The number of aryl methyl sites for hydroxylation is 1. The highest BCUT2D eigenvalue weighted by Crippen LogP contribution is 2.28. The minimum Gasteiger partial charge on any atom is -0.481 e. The predicted molar refractivity (Wildman–Crippen MR) is 130 cm³/mol. The summed E-state index contributed by atoms with van der Waals surface area (Å²) in [6, 6.07) is 12.5. The van der Waals surface area contributed by atoms with Gasteiger partial charge in [-0.3, -0.25) is 10.1 Å². The molecule has 1 atom stereocenters. The van der Waals surface area contributed by atoms with Gasteiger partial charge in [-0.05, 0) is 62.9 Å². The number of hydrogen-bond donors (Lipinski definition) is 1. The molecule has 1 saturated heterocycles. The van der Waals surface area contributed by atoms with E-state index in [-0.39, 0.29) is 10.8 Å². The summed E-state index contributed by atoms with van der Waals surface area (Å²) in [5, 5.41) is 5.09. The Labute approximate surface area is 198 Å². The van der Waals surface area contributed by atoms with Crippen LogP contribution in [0.2, 0.25) is 0 Å². The summed E-state index contributed by atoms with van der Waals surface area (Å²) < 4.78 is 32.8. The van der Waals surface area contributed by atoms with Gasteiger partial charge in [-0.25, -0.2) is 13.4 Å². The molecule has 7 nitrogen and oxygen atoms in total. The van der Waals surface area contributed by atoms with E-state index >= 15 is 0 Å². The number of hydrogen-bond acceptors (Lipinski definition) is 6. The quantitative estimate of drug-likeness (QED) is 0.528. The maximum absolute atomic E-state index is 12.7. The first-order chi connectivity index (χ1) is 15.8. The SMILES string of the molecule is Cc1cccc(OC(C)C(=O)Nc2nc(-c3ccc(S(=O)(=O)N4CCCC4)cc3)cs2)c1C. The van der Waals surface area contributed by atoms with E-state index in [0.29, 0.717) is 29.7 Å². The fourth-order valence-electron chi connectivity index (χ4n) is 3.64. The molecule has 1 amide bonds. The summed E-state index contributed by atoms with van der Waals surface area (Å²) in [6.45, 7) is 6.81. The van der Waals surface area contributed by atoms with E-state index < -0.39 is 16.1 Å². The molecular weight excluding hydrogens is 458 g/mol. The molecule has 4 rings (SSSR count). The summed E-state index contributed by atoms with van der Waals surface area (Å²) in [4.78, 5) is 17.4. The Morgan fingerprint density at radius 1 is 1.12 bits per heavy atom. The third kappa shape index (κ3) is 5.10. The van der Waals surface area contributed by atoms with Crippen LogP contribution in [0.1, 0.15) is 30.9 Å². The molecule has 1 aromatic heterocycles. The van der Waals surface area contributed by atoms with E-state index in [1.807, 2.05) is 37.4 Å². The van der Waals surface area contributed by atoms with Crippen molar-refractivity contribution in [2.45, 2.75) is 44.6 Å². The summed E-state index contributed by atoms with van der Waals surface area (Å²) in [7, 11) is -3.44. The van der Waals surface area contributed by atoms with Gasteiger partial charge in [0.1, 0.15) is 5.75 Å². The average molecular weight is 486 g/mol. The zero-order valence-corrected chi connectivity index (χ0v) is 20.5. The average Bonchev–Trinajstić information content (AvgIpc) is 3.50. The summed E-state index contributed by atoms with van der Waals surface area (Å²) in [5.41, 5.74) is 3.56. The second kappa shape index (κ2) is 9.62. The number of rotatable bonds is 7. The number of nitrogens with zero attached hydrogens (tertiary/aromatic N) is 2. The lowest BCUT2D eigenvalue weighted by atomic mass is 10.1. The largest absolute Gasteiger partial charge is 0.481 e. The van der Waals surface area contributed by atoms with Gasteiger partial charge in [0.2, 0.25) is 10.0 Å². The third-order valence-electron chi connectivity index (χ3n) is 5.82. The highest BCUT2D eigenvalue weighted by atomic mass is 32.2. The van der Waals surface area contributed by atoms with Crippen molar-refractivity contribution >= 4 is 32.4 Å². The molecule has 1 N–H and O–H groups in total. The van der Waals surface area contributed by atoms with E-state index in [4.69, 9.17) is 4.74 Å². The van der Waals surface area contributed by atoms with Gasteiger partial charge in [-0.1, -0.05) is 24.3 Å². The molecule has 3 aromatic rings. The molecular formula is C24H27N3O4S2. The van der Waals surface area contributed by atoms with Crippen molar-refractivity contribution < 1.29 is 17.9 Å². The Hall–Kier alpha value is -2.75. The van der Waals surface area contributed by atoms with Gasteiger partial charge in [0, 0.05) is 24.0 Å². The van der Waals surface area contributed by atoms with Crippen molar-refractivity contribution in [3.8, 4) is 17.0 Å². The van der Waals surface area contributed by atoms with Crippen LogP contribution in [0, 0.1) is 13.8 Å². The van der Waals surface area contributed by atoms with Crippen LogP contribution in [0.3, 0.4) is 0 Å². The van der Waals surface area contributed by atoms with Gasteiger partial charge in [0.05, 0.1) is 10.6 Å². The van der Waals surface area contributed by atoms with Crippen molar-refractivity contribution in [2.24, 2.45) is 0 Å². The Balaban J connectivity index is 1.41. The molecule has 2 aromatic carbocycles. The number of nitrogens with one attached hydrogen (secondary N) is 1. The number of amides is 1. The molecule has 1 unspecified atom stereocenters. The van der Waals surface area contributed by atoms with Crippen molar-refractivity contribution in [1.82, 2.24) is 9.29 Å². The molecule has 0 bridgehead atoms. The van der Waals surface area contributed by atoms with Crippen LogP contribution in [0.15, 0.2) is 52.7 Å². The van der Waals surface area contributed by atoms with Gasteiger partial charge in [0.15, 0.2) is 11.2 Å². The Bertz CT molecular complexity index is 1250. The fourth-order valence-corrected chi connectivity index (χ4v) is 5.88. The molecule has 0 saturated carbocycles. The molecule has 9 heteroatoms. The van der Waals surface area contributed by atoms with Crippen molar-refractivity contribution in [3.63, 3.8) is 0 Å². The van der Waals surface area contributed by atoms with Crippen LogP contribution in [-0.4, -0.2) is 42.8 Å². The van der Waals surface area contributed by atoms with Gasteiger partial charge in [0.25, 0.3) is 5.91 Å². The van der Waals surface area contributed by atoms with Crippen molar-refractivity contribution in [3.05, 3.63) is 59.0 Å². The molecule has 1 aliphatic heterocycles. The lowest BCUT2D eigenvalue weighted by Crippen LogP contribution is -2.30. The number of thiazole rings is 1. The number of ether oxygens (including phenoxy) is 1. The van der Waals surface area contributed by atoms with Crippen LogP contribution in [0.4, 0.5) is 5.13 Å². The molecule has 0 aliphatic carbocycles. The maximum Gasteiger partial charge on any atom is 0.266 e. The maximum atomic E-state index is 12.7. The van der Waals surface area contributed by atoms with E-state index in [9.17, 15) is 13.2 Å². The minimum absolute atomic E-state index is 0.286. The first kappa shape index (κ1) is 23.4. The normalized spacial score (nSPS) is 15.4. The highest BCUT2D eigenvalue weighted by Gasteiger charge is 2.27.